The average molecular weight is 239 g/mol. The van der Waals surface area contributed by atoms with Gasteiger partial charge in [-0.25, -0.2) is 0 Å². The molecule has 1 rings (SSSR count). The summed E-state index contributed by atoms with van der Waals surface area (Å²) in [4.78, 5) is 0. The third-order valence-electron chi connectivity index (χ3n) is 4.36. The second-order valence-corrected chi connectivity index (χ2v) is 6.74. The predicted molar refractivity (Wildman–Crippen MR) is 77.3 cm³/mol. The summed E-state index contributed by atoms with van der Waals surface area (Å²) in [5, 5.41) is 3.70. The van der Waals surface area contributed by atoms with Crippen LogP contribution in [0, 0.1) is 17.8 Å². The van der Waals surface area contributed by atoms with E-state index in [-0.39, 0.29) is 0 Å². The van der Waals surface area contributed by atoms with Crippen LogP contribution in [0.5, 0.6) is 0 Å². The van der Waals surface area contributed by atoms with Crippen LogP contribution in [-0.2, 0) is 0 Å². The summed E-state index contributed by atoms with van der Waals surface area (Å²) in [6, 6.07) is 0.708. The SMILES string of the molecule is CC(C)CCC(C)NCCC1CCC(C)CC1. The summed E-state index contributed by atoms with van der Waals surface area (Å²) >= 11 is 0. The standard InChI is InChI=1S/C16H33N/c1-13(2)5-8-15(4)17-12-11-16-9-6-14(3)7-10-16/h13-17H,5-12H2,1-4H3. The first-order valence-electron chi connectivity index (χ1n) is 7.81. The molecule has 0 aromatic rings. The Kier molecular flexibility index (Phi) is 7.18. The molecule has 1 nitrogen and oxygen atoms in total. The van der Waals surface area contributed by atoms with Crippen molar-refractivity contribution < 1.29 is 0 Å². The summed E-state index contributed by atoms with van der Waals surface area (Å²) in [6.45, 7) is 10.6. The molecule has 0 spiro atoms. The van der Waals surface area contributed by atoms with Crippen molar-refractivity contribution in [3.05, 3.63) is 0 Å². The molecule has 0 bridgehead atoms. The Hall–Kier alpha value is -0.0400. The fourth-order valence-electron chi connectivity index (χ4n) is 2.84. The molecule has 1 unspecified atom stereocenters. The topological polar surface area (TPSA) is 12.0 Å². The smallest absolute Gasteiger partial charge is 0.00388 e. The van der Waals surface area contributed by atoms with Gasteiger partial charge in [-0.15, -0.1) is 0 Å². The van der Waals surface area contributed by atoms with Crippen LogP contribution in [0.4, 0.5) is 0 Å². The first kappa shape index (κ1) is 15.0. The van der Waals surface area contributed by atoms with Crippen molar-refractivity contribution in [3.63, 3.8) is 0 Å². The Balaban J connectivity index is 1.99. The zero-order valence-electron chi connectivity index (χ0n) is 12.5. The monoisotopic (exact) mass is 239 g/mol. The Labute approximate surface area is 109 Å². The lowest BCUT2D eigenvalue weighted by Gasteiger charge is -2.26. The van der Waals surface area contributed by atoms with E-state index < -0.39 is 0 Å². The summed E-state index contributed by atoms with van der Waals surface area (Å²) < 4.78 is 0. The van der Waals surface area contributed by atoms with Gasteiger partial charge in [0, 0.05) is 6.04 Å². The Morgan fingerprint density at radius 1 is 1.00 bits per heavy atom. The molecule has 0 aromatic heterocycles. The molecule has 1 N–H and O–H groups in total. The van der Waals surface area contributed by atoms with E-state index in [0.29, 0.717) is 6.04 Å². The normalized spacial score (nSPS) is 27.4. The summed E-state index contributed by atoms with van der Waals surface area (Å²) in [5.41, 5.74) is 0. The van der Waals surface area contributed by atoms with E-state index >= 15 is 0 Å². The van der Waals surface area contributed by atoms with Gasteiger partial charge in [-0.2, -0.15) is 0 Å². The summed E-state index contributed by atoms with van der Waals surface area (Å²) in [7, 11) is 0. The van der Waals surface area contributed by atoms with Gasteiger partial charge in [0.1, 0.15) is 0 Å². The molecular formula is C16H33N. The first-order valence-corrected chi connectivity index (χ1v) is 7.81. The lowest BCUT2D eigenvalue weighted by atomic mass is 9.81. The third kappa shape index (κ3) is 7.08. The van der Waals surface area contributed by atoms with Gasteiger partial charge in [-0.3, -0.25) is 0 Å². The van der Waals surface area contributed by atoms with Crippen LogP contribution in [0.3, 0.4) is 0 Å². The van der Waals surface area contributed by atoms with Gasteiger partial charge in [-0.1, -0.05) is 46.5 Å². The van der Waals surface area contributed by atoms with Crippen molar-refractivity contribution in [2.75, 3.05) is 6.54 Å². The highest BCUT2D eigenvalue weighted by Crippen LogP contribution is 2.29. The zero-order valence-corrected chi connectivity index (χ0v) is 12.5. The molecule has 1 aliphatic carbocycles. The molecule has 0 saturated heterocycles. The van der Waals surface area contributed by atoms with Crippen LogP contribution in [-0.4, -0.2) is 12.6 Å². The number of rotatable bonds is 7. The lowest BCUT2D eigenvalue weighted by molar-refractivity contribution is 0.272. The molecule has 1 saturated carbocycles. The molecule has 102 valence electrons. The first-order chi connectivity index (χ1) is 8.08. The Morgan fingerprint density at radius 2 is 1.65 bits per heavy atom. The maximum Gasteiger partial charge on any atom is 0.00388 e. The molecule has 1 atom stereocenters. The van der Waals surface area contributed by atoms with E-state index in [1.807, 2.05) is 0 Å². The van der Waals surface area contributed by atoms with Crippen LogP contribution in [0.25, 0.3) is 0 Å². The van der Waals surface area contributed by atoms with Crippen LogP contribution in [0.1, 0.15) is 72.6 Å². The Morgan fingerprint density at radius 3 is 2.24 bits per heavy atom. The minimum Gasteiger partial charge on any atom is -0.314 e. The van der Waals surface area contributed by atoms with E-state index in [1.54, 1.807) is 0 Å². The minimum atomic E-state index is 0.708. The predicted octanol–water partition coefficient (Wildman–Crippen LogP) is 4.62. The number of hydrogen-bond acceptors (Lipinski definition) is 1. The highest BCUT2D eigenvalue weighted by molar-refractivity contribution is 4.71. The Bertz CT molecular complexity index is 180. The number of nitrogens with one attached hydrogen (secondary N) is 1. The molecule has 1 heteroatoms. The van der Waals surface area contributed by atoms with Crippen molar-refractivity contribution in [3.8, 4) is 0 Å². The van der Waals surface area contributed by atoms with Gasteiger partial charge in [0.15, 0.2) is 0 Å². The van der Waals surface area contributed by atoms with E-state index in [4.69, 9.17) is 0 Å². The number of hydrogen-bond donors (Lipinski definition) is 1. The van der Waals surface area contributed by atoms with Gasteiger partial charge in [0.05, 0.1) is 0 Å². The van der Waals surface area contributed by atoms with Crippen molar-refractivity contribution >= 4 is 0 Å². The zero-order chi connectivity index (χ0) is 12.7. The maximum absolute atomic E-state index is 3.70. The molecule has 0 heterocycles. The summed E-state index contributed by atoms with van der Waals surface area (Å²) in [5.74, 6) is 2.85. The fraction of sp³-hybridized carbons (Fsp3) is 1.00. The third-order valence-corrected chi connectivity index (χ3v) is 4.36. The molecule has 1 fully saturated rings. The minimum absolute atomic E-state index is 0.708. The molecule has 0 aliphatic heterocycles. The van der Waals surface area contributed by atoms with Crippen molar-refractivity contribution in [2.45, 2.75) is 78.7 Å². The van der Waals surface area contributed by atoms with Crippen LogP contribution < -0.4 is 5.32 Å². The van der Waals surface area contributed by atoms with E-state index in [0.717, 1.165) is 17.8 Å². The molecular weight excluding hydrogens is 206 g/mol. The van der Waals surface area contributed by atoms with Gasteiger partial charge in [0.2, 0.25) is 0 Å². The van der Waals surface area contributed by atoms with E-state index in [9.17, 15) is 0 Å². The molecule has 17 heavy (non-hydrogen) atoms. The highest BCUT2D eigenvalue weighted by atomic mass is 14.9. The van der Waals surface area contributed by atoms with E-state index in [1.165, 1.54) is 51.5 Å². The molecule has 1 aliphatic rings. The van der Waals surface area contributed by atoms with Gasteiger partial charge in [-0.05, 0) is 50.5 Å². The van der Waals surface area contributed by atoms with Gasteiger partial charge in [0.25, 0.3) is 0 Å². The van der Waals surface area contributed by atoms with Crippen LogP contribution >= 0.6 is 0 Å². The molecule has 0 radical (unpaired) electrons. The lowest BCUT2D eigenvalue weighted by Crippen LogP contribution is -2.29. The second kappa shape index (κ2) is 8.13. The maximum atomic E-state index is 3.70. The van der Waals surface area contributed by atoms with Crippen LogP contribution in [0.15, 0.2) is 0 Å². The van der Waals surface area contributed by atoms with Gasteiger partial charge < -0.3 is 5.32 Å². The molecule has 0 aromatic carbocycles. The van der Waals surface area contributed by atoms with Crippen molar-refractivity contribution in [2.24, 2.45) is 17.8 Å². The van der Waals surface area contributed by atoms with Crippen molar-refractivity contribution in [1.29, 1.82) is 0 Å². The largest absolute Gasteiger partial charge is 0.314 e. The second-order valence-electron chi connectivity index (χ2n) is 6.74. The quantitative estimate of drug-likeness (QED) is 0.683. The van der Waals surface area contributed by atoms with Crippen LogP contribution in [0.2, 0.25) is 0 Å². The van der Waals surface area contributed by atoms with Gasteiger partial charge >= 0.3 is 0 Å². The van der Waals surface area contributed by atoms with Crippen molar-refractivity contribution in [1.82, 2.24) is 5.32 Å². The average Bonchev–Trinajstić information content (AvgIpc) is 2.29. The fourth-order valence-corrected chi connectivity index (χ4v) is 2.84. The highest BCUT2D eigenvalue weighted by Gasteiger charge is 2.17. The van der Waals surface area contributed by atoms with E-state index in [2.05, 4.69) is 33.0 Å². The summed E-state index contributed by atoms with van der Waals surface area (Å²) in [6.07, 6.45) is 9.97. The molecule has 0 amide bonds.